The van der Waals surface area contributed by atoms with Crippen molar-refractivity contribution in [3.63, 3.8) is 0 Å². The molecule has 23 heavy (non-hydrogen) atoms. The molecule has 2 amide bonds. The van der Waals surface area contributed by atoms with Crippen molar-refractivity contribution in [2.45, 2.75) is 44.3 Å². The molecule has 0 radical (unpaired) electrons. The van der Waals surface area contributed by atoms with E-state index in [1.165, 1.54) is 37.3 Å². The number of hydrogen-bond acceptors (Lipinski definition) is 4. The minimum absolute atomic E-state index is 0.0751. The quantitative estimate of drug-likeness (QED) is 0.560. The molecule has 0 aromatic heterocycles. The van der Waals surface area contributed by atoms with Crippen LogP contribution in [0.5, 0.6) is 0 Å². The van der Waals surface area contributed by atoms with E-state index in [9.17, 15) is 14.0 Å². The van der Waals surface area contributed by atoms with Crippen molar-refractivity contribution in [1.82, 2.24) is 0 Å². The molecule has 4 nitrogen and oxygen atoms in total. The molecular weight excluding hydrogens is 335 g/mol. The van der Waals surface area contributed by atoms with E-state index >= 15 is 0 Å². The molecule has 1 unspecified atom stereocenters. The first-order valence-corrected chi connectivity index (χ1v) is 10.1. The van der Waals surface area contributed by atoms with Crippen molar-refractivity contribution in [3.05, 3.63) is 24.0 Å². The second-order valence-corrected chi connectivity index (χ2v) is 8.29. The Labute approximate surface area is 143 Å². The van der Waals surface area contributed by atoms with Gasteiger partial charge in [0.05, 0.1) is 5.69 Å². The van der Waals surface area contributed by atoms with E-state index in [4.69, 9.17) is 0 Å². The first-order chi connectivity index (χ1) is 11.0. The summed E-state index contributed by atoms with van der Waals surface area (Å²) in [6, 6.07) is 4.15. The summed E-state index contributed by atoms with van der Waals surface area (Å²) in [5.41, 5.74) is 0.564. The lowest BCUT2D eigenvalue weighted by atomic mass is 10.1. The molecule has 0 aliphatic carbocycles. The Morgan fingerprint density at radius 1 is 1.30 bits per heavy atom. The molecule has 1 aliphatic heterocycles. The van der Waals surface area contributed by atoms with Crippen LogP contribution in [0.1, 0.15) is 39.0 Å². The highest BCUT2D eigenvalue weighted by molar-refractivity contribution is 8.77. The predicted octanol–water partition coefficient (Wildman–Crippen LogP) is 4.44. The van der Waals surface area contributed by atoms with Gasteiger partial charge in [0.1, 0.15) is 5.82 Å². The van der Waals surface area contributed by atoms with Crippen LogP contribution in [0.3, 0.4) is 0 Å². The van der Waals surface area contributed by atoms with Gasteiger partial charge in [-0.05, 0) is 37.5 Å². The summed E-state index contributed by atoms with van der Waals surface area (Å²) in [5.74, 6) is 0.274. The molecule has 0 bridgehead atoms. The number of nitrogens with one attached hydrogen (secondary N) is 2. The third kappa shape index (κ3) is 6.43. The summed E-state index contributed by atoms with van der Waals surface area (Å²) in [6.45, 7) is 1.31. The van der Waals surface area contributed by atoms with Gasteiger partial charge >= 0.3 is 0 Å². The average molecular weight is 356 g/mol. The van der Waals surface area contributed by atoms with E-state index in [0.717, 1.165) is 24.5 Å². The Morgan fingerprint density at radius 3 is 2.83 bits per heavy atom. The van der Waals surface area contributed by atoms with Gasteiger partial charge in [-0.15, -0.1) is 0 Å². The monoisotopic (exact) mass is 356 g/mol. The molecule has 0 spiro atoms. The predicted molar refractivity (Wildman–Crippen MR) is 96.3 cm³/mol. The average Bonchev–Trinajstić information content (AvgIpc) is 3.00. The van der Waals surface area contributed by atoms with Gasteiger partial charge in [0.15, 0.2) is 0 Å². The van der Waals surface area contributed by atoms with Crippen LogP contribution in [0.25, 0.3) is 0 Å². The number of halogens is 1. The van der Waals surface area contributed by atoms with Crippen LogP contribution < -0.4 is 10.6 Å². The van der Waals surface area contributed by atoms with Crippen LogP contribution in [0.4, 0.5) is 15.8 Å². The highest BCUT2D eigenvalue weighted by Gasteiger charge is 2.16. The van der Waals surface area contributed by atoms with E-state index in [2.05, 4.69) is 10.6 Å². The largest absolute Gasteiger partial charge is 0.326 e. The van der Waals surface area contributed by atoms with Crippen LogP contribution in [0.15, 0.2) is 18.2 Å². The molecule has 7 heteroatoms. The van der Waals surface area contributed by atoms with Crippen LogP contribution in [0.2, 0.25) is 0 Å². The molecule has 0 saturated carbocycles. The second kappa shape index (κ2) is 9.17. The molecule has 1 aliphatic rings. The van der Waals surface area contributed by atoms with E-state index in [0.29, 0.717) is 12.1 Å². The maximum Gasteiger partial charge on any atom is 0.224 e. The molecule has 2 rings (SSSR count). The standard InChI is InChI=1S/C16H21FN2O2S2/c1-11(20)18-15-10-12(6-7-14(15)17)19-16(21)5-3-2-4-13-8-9-22-23-13/h6-7,10,13H,2-5,8-9H2,1H3,(H,18,20)(H,19,21). The van der Waals surface area contributed by atoms with Crippen LogP contribution in [-0.4, -0.2) is 22.8 Å². The van der Waals surface area contributed by atoms with Gasteiger partial charge < -0.3 is 10.6 Å². The molecule has 1 fully saturated rings. The number of carbonyl (C=O) groups excluding carboxylic acids is 2. The van der Waals surface area contributed by atoms with Crippen molar-refractivity contribution in [3.8, 4) is 0 Å². The number of benzene rings is 1. The fourth-order valence-corrected chi connectivity index (χ4v) is 5.36. The van der Waals surface area contributed by atoms with E-state index < -0.39 is 5.82 Å². The molecule has 1 saturated heterocycles. The van der Waals surface area contributed by atoms with Gasteiger partial charge in [-0.2, -0.15) is 0 Å². The molecular formula is C16H21FN2O2S2. The summed E-state index contributed by atoms with van der Waals surface area (Å²) in [5, 5.41) is 5.88. The first-order valence-electron chi connectivity index (χ1n) is 7.70. The number of unbranched alkanes of at least 4 members (excludes halogenated alkanes) is 1. The summed E-state index contributed by atoms with van der Waals surface area (Å²) in [7, 11) is 3.89. The minimum Gasteiger partial charge on any atom is -0.326 e. The SMILES string of the molecule is CC(=O)Nc1cc(NC(=O)CCCCC2CCSS2)ccc1F. The zero-order valence-corrected chi connectivity index (χ0v) is 14.7. The van der Waals surface area contributed by atoms with E-state index in [-0.39, 0.29) is 17.5 Å². The van der Waals surface area contributed by atoms with Gasteiger partial charge in [-0.1, -0.05) is 28.0 Å². The van der Waals surface area contributed by atoms with Crippen molar-refractivity contribution < 1.29 is 14.0 Å². The highest BCUT2D eigenvalue weighted by Crippen LogP contribution is 2.39. The normalized spacial score (nSPS) is 17.0. The summed E-state index contributed by atoms with van der Waals surface area (Å²) in [6.07, 6.45) is 4.79. The van der Waals surface area contributed by atoms with Gasteiger partial charge in [0, 0.05) is 30.0 Å². The lowest BCUT2D eigenvalue weighted by Gasteiger charge is -2.09. The first kappa shape index (κ1) is 18.1. The molecule has 2 N–H and O–H groups in total. The number of amides is 2. The topological polar surface area (TPSA) is 58.2 Å². The Hall–Kier alpha value is -1.21. The van der Waals surface area contributed by atoms with E-state index in [1.807, 2.05) is 21.6 Å². The van der Waals surface area contributed by atoms with Crippen molar-refractivity contribution >= 4 is 44.8 Å². The van der Waals surface area contributed by atoms with Crippen molar-refractivity contribution in [1.29, 1.82) is 0 Å². The lowest BCUT2D eigenvalue weighted by Crippen LogP contribution is -2.13. The zero-order chi connectivity index (χ0) is 16.7. The van der Waals surface area contributed by atoms with Gasteiger partial charge in [0.25, 0.3) is 0 Å². The smallest absolute Gasteiger partial charge is 0.224 e. The minimum atomic E-state index is -0.523. The van der Waals surface area contributed by atoms with Crippen molar-refractivity contribution in [2.75, 3.05) is 16.4 Å². The maximum atomic E-state index is 13.5. The van der Waals surface area contributed by atoms with Gasteiger partial charge in [-0.25, -0.2) is 4.39 Å². The number of hydrogen-bond donors (Lipinski definition) is 2. The maximum absolute atomic E-state index is 13.5. The molecule has 1 aromatic rings. The fraction of sp³-hybridized carbons (Fsp3) is 0.500. The van der Waals surface area contributed by atoms with Crippen molar-refractivity contribution in [2.24, 2.45) is 0 Å². The second-order valence-electron chi connectivity index (χ2n) is 5.50. The third-order valence-corrected chi connectivity index (χ3v) is 6.47. The zero-order valence-electron chi connectivity index (χ0n) is 13.1. The molecule has 1 heterocycles. The van der Waals surface area contributed by atoms with Crippen LogP contribution >= 0.6 is 21.6 Å². The molecule has 1 aromatic carbocycles. The molecule has 126 valence electrons. The Bertz CT molecular complexity index is 563. The number of carbonyl (C=O) groups is 2. The Balaban J connectivity index is 1.74. The summed E-state index contributed by atoms with van der Waals surface area (Å²) < 4.78 is 13.5. The summed E-state index contributed by atoms with van der Waals surface area (Å²) >= 11 is 0. The fourth-order valence-electron chi connectivity index (χ4n) is 2.33. The van der Waals surface area contributed by atoms with Gasteiger partial charge in [-0.3, -0.25) is 9.59 Å². The third-order valence-electron chi connectivity index (χ3n) is 3.47. The van der Waals surface area contributed by atoms with Gasteiger partial charge in [0.2, 0.25) is 11.8 Å². The van der Waals surface area contributed by atoms with Crippen LogP contribution in [-0.2, 0) is 9.59 Å². The Morgan fingerprint density at radius 2 is 2.13 bits per heavy atom. The lowest BCUT2D eigenvalue weighted by molar-refractivity contribution is -0.116. The highest BCUT2D eigenvalue weighted by atomic mass is 33.1. The van der Waals surface area contributed by atoms with E-state index in [1.54, 1.807) is 0 Å². The number of anilines is 2. The summed E-state index contributed by atoms with van der Waals surface area (Å²) in [4.78, 5) is 22.9. The van der Waals surface area contributed by atoms with Crippen LogP contribution in [0, 0.1) is 5.82 Å². The number of rotatable bonds is 7. The molecule has 1 atom stereocenters. The Kier molecular flexibility index (Phi) is 7.23.